The monoisotopic (exact) mass is 251 g/mol. The highest BCUT2D eigenvalue weighted by atomic mass is 19.4. The van der Waals surface area contributed by atoms with Gasteiger partial charge in [-0.3, -0.25) is 4.79 Å². The zero-order valence-electron chi connectivity index (χ0n) is 8.72. The molecule has 0 spiro atoms. The summed E-state index contributed by atoms with van der Waals surface area (Å²) >= 11 is 0. The first kappa shape index (κ1) is 13.3. The van der Waals surface area contributed by atoms with E-state index in [4.69, 9.17) is 0 Å². The highest BCUT2D eigenvalue weighted by molar-refractivity contribution is 5.48. The Bertz CT molecular complexity index is 406. The van der Waals surface area contributed by atoms with E-state index < -0.39 is 24.0 Å². The lowest BCUT2D eigenvalue weighted by atomic mass is 10.1. The van der Waals surface area contributed by atoms with Crippen molar-refractivity contribution in [3.63, 3.8) is 0 Å². The van der Waals surface area contributed by atoms with Crippen LogP contribution in [-0.2, 0) is 4.79 Å². The van der Waals surface area contributed by atoms with Gasteiger partial charge in [0.1, 0.15) is 11.6 Å². The fourth-order valence-electron chi connectivity index (χ4n) is 1.24. The molecular weight excluding hydrogens is 242 g/mol. The van der Waals surface area contributed by atoms with Crippen molar-refractivity contribution in [1.29, 1.82) is 0 Å². The zero-order chi connectivity index (χ0) is 13.1. The summed E-state index contributed by atoms with van der Waals surface area (Å²) in [6.07, 6.45) is -4.50. The molecule has 17 heavy (non-hydrogen) atoms. The molecule has 1 aromatic rings. The summed E-state index contributed by atoms with van der Waals surface area (Å²) in [6.45, 7) is 1.43. The number of ether oxygens (including phenoxy) is 1. The molecule has 1 N–H and O–H groups in total. The Labute approximate surface area is 94.4 Å². The smallest absolute Gasteiger partial charge is 0.406 e. The van der Waals surface area contributed by atoms with Crippen LogP contribution in [0.25, 0.3) is 0 Å². The molecule has 0 bridgehead atoms. The average molecular weight is 251 g/mol. The molecule has 0 heterocycles. The minimum Gasteiger partial charge on any atom is -0.406 e. The van der Waals surface area contributed by atoms with Crippen molar-refractivity contribution in [3.8, 4) is 5.75 Å². The highest BCUT2D eigenvalue weighted by Gasteiger charge is 2.31. The third kappa shape index (κ3) is 3.93. The topological polar surface area (TPSA) is 38.3 Å². The second-order valence-electron chi connectivity index (χ2n) is 3.24. The Hall–Kier alpha value is -1.79. The maximum atomic E-state index is 13.3. The van der Waals surface area contributed by atoms with Gasteiger partial charge in [0, 0.05) is 5.56 Å². The van der Waals surface area contributed by atoms with E-state index in [-0.39, 0.29) is 5.56 Å². The van der Waals surface area contributed by atoms with E-state index in [9.17, 15) is 22.4 Å². The van der Waals surface area contributed by atoms with Crippen molar-refractivity contribution in [2.45, 2.75) is 19.3 Å². The van der Waals surface area contributed by atoms with Gasteiger partial charge in [-0.2, -0.15) is 0 Å². The molecule has 0 saturated heterocycles. The lowest BCUT2D eigenvalue weighted by Gasteiger charge is -2.14. The molecule has 0 aliphatic rings. The number of carbonyl (C=O) groups excluding carboxylic acids is 1. The van der Waals surface area contributed by atoms with Crippen molar-refractivity contribution < 1.29 is 27.1 Å². The number of nitrogens with one attached hydrogen (secondary N) is 1. The van der Waals surface area contributed by atoms with Crippen LogP contribution in [0.2, 0.25) is 0 Å². The van der Waals surface area contributed by atoms with Crippen LogP contribution in [0.4, 0.5) is 17.6 Å². The van der Waals surface area contributed by atoms with Gasteiger partial charge in [-0.25, -0.2) is 4.39 Å². The number of amides is 1. The van der Waals surface area contributed by atoms with Gasteiger partial charge in [-0.1, -0.05) is 0 Å². The summed E-state index contributed by atoms with van der Waals surface area (Å²) in [5.41, 5.74) is -0.0844. The van der Waals surface area contributed by atoms with E-state index in [1.807, 2.05) is 0 Å². The van der Waals surface area contributed by atoms with Crippen LogP contribution in [0, 0.1) is 5.82 Å². The molecule has 1 aromatic carbocycles. The summed E-state index contributed by atoms with van der Waals surface area (Å²) < 4.78 is 52.7. The Balaban J connectivity index is 2.97. The Morgan fingerprint density at radius 1 is 1.41 bits per heavy atom. The number of carbonyl (C=O) groups is 1. The Morgan fingerprint density at radius 2 is 2.06 bits per heavy atom. The number of hydrogen-bond donors (Lipinski definition) is 1. The molecule has 0 fully saturated rings. The molecule has 1 unspecified atom stereocenters. The minimum absolute atomic E-state index is 0.0844. The number of benzene rings is 1. The molecule has 94 valence electrons. The van der Waals surface area contributed by atoms with Crippen LogP contribution in [0.1, 0.15) is 18.5 Å². The fourth-order valence-corrected chi connectivity index (χ4v) is 1.24. The number of halogens is 4. The van der Waals surface area contributed by atoms with Gasteiger partial charge in [-0.05, 0) is 25.1 Å². The molecule has 0 aliphatic heterocycles. The standard InChI is InChI=1S/C10H9F4NO2/c1-6(15-5-16)8-4-7(2-3-9(8)11)17-10(12,13)14/h2-6H,1H3,(H,15,16). The molecule has 0 aromatic heterocycles. The maximum absolute atomic E-state index is 13.3. The van der Waals surface area contributed by atoms with Gasteiger partial charge >= 0.3 is 6.36 Å². The van der Waals surface area contributed by atoms with Gasteiger partial charge < -0.3 is 10.1 Å². The predicted molar refractivity (Wildman–Crippen MR) is 50.7 cm³/mol. The van der Waals surface area contributed by atoms with Gasteiger partial charge in [0.15, 0.2) is 0 Å². The Kier molecular flexibility index (Phi) is 3.93. The predicted octanol–water partition coefficient (Wildman–Crippen LogP) is 2.53. The Morgan fingerprint density at radius 3 is 2.59 bits per heavy atom. The quantitative estimate of drug-likeness (QED) is 0.659. The normalized spacial score (nSPS) is 13.0. The fraction of sp³-hybridized carbons (Fsp3) is 0.300. The van der Waals surface area contributed by atoms with Gasteiger partial charge in [0.2, 0.25) is 6.41 Å². The molecule has 1 atom stereocenters. The van der Waals surface area contributed by atoms with Crippen LogP contribution in [0.5, 0.6) is 5.75 Å². The van der Waals surface area contributed by atoms with E-state index in [1.165, 1.54) is 6.92 Å². The van der Waals surface area contributed by atoms with Crippen LogP contribution >= 0.6 is 0 Å². The second kappa shape index (κ2) is 5.03. The molecule has 1 amide bonds. The molecule has 3 nitrogen and oxygen atoms in total. The van der Waals surface area contributed by atoms with Crippen molar-refractivity contribution >= 4 is 6.41 Å². The van der Waals surface area contributed by atoms with E-state index in [0.717, 1.165) is 18.2 Å². The second-order valence-corrected chi connectivity index (χ2v) is 3.24. The lowest BCUT2D eigenvalue weighted by molar-refractivity contribution is -0.274. The third-order valence-electron chi connectivity index (χ3n) is 1.99. The summed E-state index contributed by atoms with van der Waals surface area (Å²) in [4.78, 5) is 10.2. The van der Waals surface area contributed by atoms with Crippen LogP contribution in [-0.4, -0.2) is 12.8 Å². The molecular formula is C10H9F4NO2. The molecule has 7 heteroatoms. The molecule has 0 radical (unpaired) electrons. The van der Waals surface area contributed by atoms with E-state index >= 15 is 0 Å². The summed E-state index contributed by atoms with van der Waals surface area (Å²) in [5, 5.41) is 2.24. The van der Waals surface area contributed by atoms with Crippen molar-refractivity contribution in [3.05, 3.63) is 29.6 Å². The van der Waals surface area contributed by atoms with Crippen molar-refractivity contribution in [2.24, 2.45) is 0 Å². The van der Waals surface area contributed by atoms with Crippen LogP contribution < -0.4 is 10.1 Å². The molecule has 1 rings (SSSR count). The van der Waals surface area contributed by atoms with Gasteiger partial charge in [0.05, 0.1) is 6.04 Å². The first-order valence-corrected chi connectivity index (χ1v) is 4.58. The number of hydrogen-bond acceptors (Lipinski definition) is 2. The van der Waals surface area contributed by atoms with Crippen molar-refractivity contribution in [2.75, 3.05) is 0 Å². The summed E-state index contributed by atoms with van der Waals surface area (Å²) in [5.74, 6) is -1.25. The van der Waals surface area contributed by atoms with Crippen molar-refractivity contribution in [1.82, 2.24) is 5.32 Å². The van der Waals surface area contributed by atoms with E-state index in [2.05, 4.69) is 10.1 Å². The van der Waals surface area contributed by atoms with E-state index in [0.29, 0.717) is 6.41 Å². The number of alkyl halides is 3. The SMILES string of the molecule is CC(NC=O)c1cc(OC(F)(F)F)ccc1F. The van der Waals surface area contributed by atoms with E-state index in [1.54, 1.807) is 0 Å². The third-order valence-corrected chi connectivity index (χ3v) is 1.99. The average Bonchev–Trinajstić information content (AvgIpc) is 2.19. The van der Waals surface area contributed by atoms with Crippen LogP contribution in [0.3, 0.4) is 0 Å². The first-order valence-electron chi connectivity index (χ1n) is 4.58. The zero-order valence-corrected chi connectivity index (χ0v) is 8.72. The van der Waals surface area contributed by atoms with Gasteiger partial charge in [0.25, 0.3) is 0 Å². The largest absolute Gasteiger partial charge is 0.573 e. The van der Waals surface area contributed by atoms with Gasteiger partial charge in [-0.15, -0.1) is 13.2 Å². The summed E-state index contributed by atoms with van der Waals surface area (Å²) in [7, 11) is 0. The number of rotatable bonds is 4. The summed E-state index contributed by atoms with van der Waals surface area (Å²) in [6, 6.07) is 1.85. The highest BCUT2D eigenvalue weighted by Crippen LogP contribution is 2.27. The minimum atomic E-state index is -4.84. The van der Waals surface area contributed by atoms with Crippen LogP contribution in [0.15, 0.2) is 18.2 Å². The molecule has 0 saturated carbocycles. The maximum Gasteiger partial charge on any atom is 0.573 e. The first-order chi connectivity index (χ1) is 7.83. The lowest BCUT2D eigenvalue weighted by Crippen LogP contribution is -2.19. The molecule has 0 aliphatic carbocycles.